The summed E-state index contributed by atoms with van der Waals surface area (Å²) in [6.07, 6.45) is 0. The molecular weight excluding hydrogens is 300 g/mol. The lowest BCUT2D eigenvalue weighted by molar-refractivity contribution is 0.0825. The van der Waals surface area contributed by atoms with Gasteiger partial charge in [-0.2, -0.15) is 0 Å². The number of nitrogens with one attached hydrogen (secondary N) is 2. The molecule has 0 saturated heterocycles. The first-order valence-electron chi connectivity index (χ1n) is 6.94. The third-order valence-corrected chi connectivity index (χ3v) is 3.68. The molecule has 8 nitrogen and oxygen atoms in total. The fourth-order valence-corrected chi connectivity index (χ4v) is 2.41. The minimum Gasteiger partial charge on any atom is -0.446 e. The monoisotopic (exact) mass is 316 g/mol. The summed E-state index contributed by atoms with van der Waals surface area (Å²) < 4.78 is 6.73. The highest BCUT2D eigenvalue weighted by Crippen LogP contribution is 2.42. The minimum atomic E-state index is -0.498. The van der Waals surface area contributed by atoms with Gasteiger partial charge < -0.3 is 15.0 Å². The van der Waals surface area contributed by atoms with E-state index in [1.807, 2.05) is 6.92 Å². The van der Waals surface area contributed by atoms with Crippen molar-refractivity contribution in [2.24, 2.45) is 7.05 Å². The first-order valence-corrected chi connectivity index (χ1v) is 6.94. The molecule has 1 aromatic heterocycles. The lowest BCUT2D eigenvalue weighted by atomic mass is 10.1. The van der Waals surface area contributed by atoms with E-state index in [1.54, 1.807) is 26.2 Å². The van der Waals surface area contributed by atoms with Crippen LogP contribution < -0.4 is 21.2 Å². The van der Waals surface area contributed by atoms with Crippen LogP contribution in [0.1, 0.15) is 15.9 Å². The van der Waals surface area contributed by atoms with Crippen molar-refractivity contribution < 1.29 is 9.53 Å². The highest BCUT2D eigenvalue weighted by atomic mass is 16.5. The average molecular weight is 316 g/mol. The van der Waals surface area contributed by atoms with Gasteiger partial charge in [0.05, 0.1) is 11.3 Å². The quantitative estimate of drug-likeness (QED) is 0.696. The molecule has 0 fully saturated rings. The number of ether oxygens (including phenoxy) is 1. The number of amides is 1. The number of aromatic nitrogens is 2. The Kier molecular flexibility index (Phi) is 3.24. The summed E-state index contributed by atoms with van der Waals surface area (Å²) in [4.78, 5) is 38.0. The Bertz CT molecular complexity index is 940. The number of H-pyrrole nitrogens is 1. The third kappa shape index (κ3) is 2.19. The molecule has 2 aromatic rings. The number of anilines is 2. The van der Waals surface area contributed by atoms with Gasteiger partial charge in [0.1, 0.15) is 0 Å². The van der Waals surface area contributed by atoms with Crippen LogP contribution in [0, 0.1) is 6.92 Å². The highest BCUT2D eigenvalue weighted by molar-refractivity contribution is 6.00. The van der Waals surface area contributed by atoms with Crippen molar-refractivity contribution >= 4 is 17.3 Å². The fraction of sp³-hybridized carbons (Fsp3) is 0.267. The van der Waals surface area contributed by atoms with Gasteiger partial charge >= 0.3 is 5.56 Å². The van der Waals surface area contributed by atoms with Crippen molar-refractivity contribution in [1.82, 2.24) is 14.7 Å². The van der Waals surface area contributed by atoms with E-state index in [4.69, 9.17) is 4.74 Å². The smallest absolute Gasteiger partial charge is 0.310 e. The molecule has 0 radical (unpaired) electrons. The van der Waals surface area contributed by atoms with Crippen LogP contribution in [0.4, 0.5) is 11.4 Å². The fourth-order valence-electron chi connectivity index (χ4n) is 2.41. The van der Waals surface area contributed by atoms with E-state index in [0.717, 1.165) is 10.2 Å². The Labute approximate surface area is 131 Å². The molecule has 0 aliphatic carbocycles. The first kappa shape index (κ1) is 14.9. The molecule has 0 unspecified atom stereocenters. The summed E-state index contributed by atoms with van der Waals surface area (Å²) in [6.45, 7) is 1.82. The molecule has 0 bridgehead atoms. The van der Waals surface area contributed by atoms with Crippen LogP contribution in [-0.2, 0) is 7.05 Å². The van der Waals surface area contributed by atoms with E-state index in [9.17, 15) is 14.4 Å². The Morgan fingerprint density at radius 1 is 1.17 bits per heavy atom. The number of fused-ring (bicyclic) bond motifs is 2. The molecule has 1 aliphatic heterocycles. The molecular formula is C15H16N4O4. The maximum atomic E-state index is 12.3. The lowest BCUT2D eigenvalue weighted by Gasteiger charge is -2.25. The molecule has 0 saturated carbocycles. The Morgan fingerprint density at radius 2 is 1.87 bits per heavy atom. The number of aromatic amines is 1. The molecule has 2 heterocycles. The molecule has 3 rings (SSSR count). The van der Waals surface area contributed by atoms with Gasteiger partial charge in [-0.1, -0.05) is 6.07 Å². The zero-order valence-electron chi connectivity index (χ0n) is 13.2. The summed E-state index contributed by atoms with van der Waals surface area (Å²) >= 11 is 0. The van der Waals surface area contributed by atoms with Crippen LogP contribution in [-0.4, -0.2) is 34.7 Å². The van der Waals surface area contributed by atoms with Crippen LogP contribution in [0.3, 0.4) is 0 Å². The first-order chi connectivity index (χ1) is 10.8. The van der Waals surface area contributed by atoms with Crippen molar-refractivity contribution in [3.05, 3.63) is 44.0 Å². The van der Waals surface area contributed by atoms with Gasteiger partial charge in [0.25, 0.3) is 11.5 Å². The standard InChI is InChI=1S/C15H16N4O4/c1-7-5-6-8(14(21)18(2)3)11-9(7)16-10-12(23-11)15(22)19(4)17-13(10)20/h5-6,16H,1-4H3,(H,17,20). The van der Waals surface area contributed by atoms with Crippen molar-refractivity contribution in [2.45, 2.75) is 6.92 Å². The van der Waals surface area contributed by atoms with E-state index in [2.05, 4.69) is 10.4 Å². The highest BCUT2D eigenvalue weighted by Gasteiger charge is 2.29. The van der Waals surface area contributed by atoms with Crippen molar-refractivity contribution in [3.63, 3.8) is 0 Å². The SMILES string of the molecule is Cc1ccc(C(=O)N(C)C)c2c1Nc1c(c(=O)n(C)[nH]c1=O)O2. The summed E-state index contributed by atoms with van der Waals surface area (Å²) in [5.41, 5.74) is 0.679. The topological polar surface area (TPSA) is 96.4 Å². The van der Waals surface area contributed by atoms with Gasteiger partial charge in [-0.05, 0) is 18.6 Å². The Balaban J connectivity index is 2.26. The molecule has 23 heavy (non-hydrogen) atoms. The van der Waals surface area contributed by atoms with Crippen LogP contribution in [0.2, 0.25) is 0 Å². The van der Waals surface area contributed by atoms with Gasteiger partial charge in [0.2, 0.25) is 5.75 Å². The van der Waals surface area contributed by atoms with E-state index >= 15 is 0 Å². The number of hydrogen-bond donors (Lipinski definition) is 2. The number of carbonyl (C=O) groups excluding carboxylic acids is 1. The molecule has 1 aliphatic rings. The second-order valence-electron chi connectivity index (χ2n) is 5.57. The van der Waals surface area contributed by atoms with Crippen molar-refractivity contribution in [2.75, 3.05) is 19.4 Å². The maximum Gasteiger partial charge on any atom is 0.310 e. The number of hydrogen-bond acceptors (Lipinski definition) is 5. The third-order valence-electron chi connectivity index (χ3n) is 3.68. The van der Waals surface area contributed by atoms with Gasteiger partial charge in [-0.25, -0.2) is 0 Å². The van der Waals surface area contributed by atoms with E-state index in [-0.39, 0.29) is 23.1 Å². The minimum absolute atomic E-state index is 0.0400. The van der Waals surface area contributed by atoms with Crippen molar-refractivity contribution in [3.8, 4) is 11.5 Å². The molecule has 2 N–H and O–H groups in total. The summed E-state index contributed by atoms with van der Waals surface area (Å²) in [5.74, 6) is -0.130. The van der Waals surface area contributed by atoms with Gasteiger partial charge in [0, 0.05) is 21.1 Å². The molecule has 1 aromatic carbocycles. The Morgan fingerprint density at radius 3 is 2.52 bits per heavy atom. The lowest BCUT2D eigenvalue weighted by Crippen LogP contribution is -2.32. The van der Waals surface area contributed by atoms with Crippen LogP contribution >= 0.6 is 0 Å². The predicted molar refractivity (Wildman–Crippen MR) is 84.9 cm³/mol. The van der Waals surface area contributed by atoms with E-state index in [0.29, 0.717) is 11.3 Å². The van der Waals surface area contributed by atoms with Crippen LogP contribution in [0.5, 0.6) is 11.5 Å². The zero-order chi connectivity index (χ0) is 16.9. The molecule has 120 valence electrons. The van der Waals surface area contributed by atoms with E-state index < -0.39 is 11.1 Å². The number of nitrogens with zero attached hydrogens (tertiary/aromatic N) is 2. The number of aryl methyl sites for hydroxylation is 2. The molecule has 0 atom stereocenters. The predicted octanol–water partition coefficient (Wildman–Crippen LogP) is 0.933. The van der Waals surface area contributed by atoms with Crippen LogP contribution in [0.15, 0.2) is 21.7 Å². The second kappa shape index (κ2) is 5.01. The number of rotatable bonds is 1. The maximum absolute atomic E-state index is 12.3. The molecule has 0 spiro atoms. The van der Waals surface area contributed by atoms with Gasteiger partial charge in [-0.15, -0.1) is 0 Å². The van der Waals surface area contributed by atoms with Crippen molar-refractivity contribution in [1.29, 1.82) is 0 Å². The largest absolute Gasteiger partial charge is 0.446 e. The zero-order valence-corrected chi connectivity index (χ0v) is 13.2. The Hall–Kier alpha value is -3.03. The van der Waals surface area contributed by atoms with Gasteiger partial charge in [0.15, 0.2) is 11.4 Å². The number of carbonyl (C=O) groups is 1. The average Bonchev–Trinajstić information content (AvgIpc) is 2.51. The number of benzene rings is 1. The second-order valence-corrected chi connectivity index (χ2v) is 5.57. The van der Waals surface area contributed by atoms with Crippen LogP contribution in [0.25, 0.3) is 0 Å². The normalized spacial score (nSPS) is 11.8. The molecule has 8 heteroatoms. The summed E-state index contributed by atoms with van der Waals surface area (Å²) in [7, 11) is 4.68. The summed E-state index contributed by atoms with van der Waals surface area (Å²) in [6, 6.07) is 3.40. The summed E-state index contributed by atoms with van der Waals surface area (Å²) in [5, 5.41) is 5.33. The van der Waals surface area contributed by atoms with Gasteiger partial charge in [-0.3, -0.25) is 24.2 Å². The van der Waals surface area contributed by atoms with E-state index in [1.165, 1.54) is 11.9 Å². The molecule has 1 amide bonds.